The van der Waals surface area contributed by atoms with Crippen molar-refractivity contribution in [3.8, 4) is 0 Å². The van der Waals surface area contributed by atoms with Crippen molar-refractivity contribution < 1.29 is 4.79 Å². The van der Waals surface area contributed by atoms with E-state index in [1.165, 1.54) is 0 Å². The largest absolute Gasteiger partial charge is 0.388 e. The topological polar surface area (TPSA) is 84.1 Å². The molecule has 1 aromatic rings. The van der Waals surface area contributed by atoms with Crippen molar-refractivity contribution in [1.29, 1.82) is 0 Å². The highest BCUT2D eigenvalue weighted by molar-refractivity contribution is 7.80. The minimum Gasteiger partial charge on any atom is -0.388 e. The molecule has 7 heteroatoms. The van der Waals surface area contributed by atoms with Crippen LogP contribution in [-0.2, 0) is 4.79 Å². The summed E-state index contributed by atoms with van der Waals surface area (Å²) in [5, 5.41) is 2.55. The predicted octanol–water partition coefficient (Wildman–Crippen LogP) is -0.317. The number of hydrogen-bond donors (Lipinski definition) is 2. The molecule has 0 aliphatic heterocycles. The van der Waals surface area contributed by atoms with Crippen molar-refractivity contribution in [3.05, 3.63) is 18.0 Å². The Kier molecular flexibility index (Phi) is 4.77. The summed E-state index contributed by atoms with van der Waals surface area (Å²) >= 11 is 4.84. The highest BCUT2D eigenvalue weighted by Gasteiger charge is 2.08. The van der Waals surface area contributed by atoms with E-state index in [4.69, 9.17) is 18.0 Å². The molecule has 0 fully saturated rings. The molecule has 0 atom stereocenters. The fourth-order valence-electron chi connectivity index (χ4n) is 1.16. The van der Waals surface area contributed by atoms with Crippen LogP contribution in [0.3, 0.4) is 0 Å². The molecule has 0 saturated carbocycles. The van der Waals surface area contributed by atoms with Gasteiger partial charge in [0, 0.05) is 33.3 Å². The minimum absolute atomic E-state index is 0.0256. The SMILES string of the molecule is CNC(=O)CCN(C)c1nccc(C(N)=S)n1. The molecule has 0 unspecified atom stereocenters. The van der Waals surface area contributed by atoms with Gasteiger partial charge in [-0.25, -0.2) is 9.97 Å². The van der Waals surface area contributed by atoms with E-state index >= 15 is 0 Å². The average molecular weight is 253 g/mol. The Labute approximate surface area is 105 Å². The molecule has 0 spiro atoms. The number of carbonyl (C=O) groups is 1. The molecule has 0 aliphatic rings. The zero-order valence-corrected chi connectivity index (χ0v) is 10.6. The number of nitrogens with one attached hydrogen (secondary N) is 1. The summed E-state index contributed by atoms with van der Waals surface area (Å²) < 4.78 is 0. The highest BCUT2D eigenvalue weighted by atomic mass is 32.1. The quantitative estimate of drug-likeness (QED) is 0.700. The van der Waals surface area contributed by atoms with Crippen LogP contribution in [0, 0.1) is 0 Å². The molecule has 92 valence electrons. The van der Waals surface area contributed by atoms with Gasteiger partial charge in [-0.15, -0.1) is 0 Å². The molecule has 1 heterocycles. The Morgan fingerprint density at radius 1 is 1.65 bits per heavy atom. The van der Waals surface area contributed by atoms with Crippen LogP contribution in [0.15, 0.2) is 12.3 Å². The summed E-state index contributed by atoms with van der Waals surface area (Å²) in [6.07, 6.45) is 1.97. The third-order valence-corrected chi connectivity index (χ3v) is 2.40. The molecule has 0 saturated heterocycles. The van der Waals surface area contributed by atoms with E-state index in [1.54, 1.807) is 24.2 Å². The van der Waals surface area contributed by atoms with Gasteiger partial charge in [0.2, 0.25) is 11.9 Å². The molecule has 0 radical (unpaired) electrons. The Morgan fingerprint density at radius 3 is 2.94 bits per heavy atom. The summed E-state index contributed by atoms with van der Waals surface area (Å²) in [6, 6.07) is 1.65. The normalized spacial score (nSPS) is 9.76. The second kappa shape index (κ2) is 6.09. The zero-order chi connectivity index (χ0) is 12.8. The second-order valence-electron chi connectivity index (χ2n) is 3.45. The number of aromatic nitrogens is 2. The lowest BCUT2D eigenvalue weighted by Gasteiger charge is -2.16. The molecule has 1 aromatic heterocycles. The molecular weight excluding hydrogens is 238 g/mol. The second-order valence-corrected chi connectivity index (χ2v) is 3.89. The first kappa shape index (κ1) is 13.3. The number of nitrogens with zero attached hydrogens (tertiary/aromatic N) is 3. The highest BCUT2D eigenvalue weighted by Crippen LogP contribution is 2.05. The van der Waals surface area contributed by atoms with Gasteiger partial charge in [0.25, 0.3) is 0 Å². The van der Waals surface area contributed by atoms with Gasteiger partial charge in [0.05, 0.1) is 0 Å². The fraction of sp³-hybridized carbons (Fsp3) is 0.400. The Bertz CT molecular complexity index is 423. The lowest BCUT2D eigenvalue weighted by atomic mass is 10.3. The van der Waals surface area contributed by atoms with Gasteiger partial charge in [0.1, 0.15) is 10.7 Å². The third kappa shape index (κ3) is 3.95. The number of carbonyl (C=O) groups excluding carboxylic acids is 1. The lowest BCUT2D eigenvalue weighted by Crippen LogP contribution is -2.28. The zero-order valence-electron chi connectivity index (χ0n) is 9.80. The van der Waals surface area contributed by atoms with Crippen LogP contribution in [0.4, 0.5) is 5.95 Å². The first-order valence-electron chi connectivity index (χ1n) is 5.09. The number of nitrogens with two attached hydrogens (primary N) is 1. The van der Waals surface area contributed by atoms with Gasteiger partial charge in [0.15, 0.2) is 0 Å². The van der Waals surface area contributed by atoms with Crippen molar-refractivity contribution >= 4 is 29.1 Å². The van der Waals surface area contributed by atoms with Gasteiger partial charge < -0.3 is 16.0 Å². The maximum absolute atomic E-state index is 11.1. The van der Waals surface area contributed by atoms with Gasteiger partial charge in [-0.2, -0.15) is 0 Å². The van der Waals surface area contributed by atoms with E-state index in [1.807, 2.05) is 7.05 Å². The fourth-order valence-corrected chi connectivity index (χ4v) is 1.28. The molecular formula is C10H15N5OS. The molecule has 1 rings (SSSR count). The standard InChI is InChI=1S/C10H15N5OS/c1-12-8(16)4-6-15(2)10-13-5-3-7(14-10)9(11)17/h3,5H,4,6H2,1-2H3,(H2,11,17)(H,12,16). The van der Waals surface area contributed by atoms with E-state index in [2.05, 4.69) is 15.3 Å². The van der Waals surface area contributed by atoms with Crippen molar-refractivity contribution in [3.63, 3.8) is 0 Å². The van der Waals surface area contributed by atoms with Gasteiger partial charge in [-0.05, 0) is 6.07 Å². The lowest BCUT2D eigenvalue weighted by molar-refractivity contribution is -0.120. The van der Waals surface area contributed by atoms with Crippen LogP contribution in [0.5, 0.6) is 0 Å². The van der Waals surface area contributed by atoms with Crippen molar-refractivity contribution in [2.24, 2.45) is 5.73 Å². The van der Waals surface area contributed by atoms with E-state index in [-0.39, 0.29) is 10.9 Å². The monoisotopic (exact) mass is 253 g/mol. The van der Waals surface area contributed by atoms with Crippen molar-refractivity contribution in [2.45, 2.75) is 6.42 Å². The Morgan fingerprint density at radius 2 is 2.35 bits per heavy atom. The molecule has 3 N–H and O–H groups in total. The minimum atomic E-state index is -0.0256. The van der Waals surface area contributed by atoms with Crippen molar-refractivity contribution in [2.75, 3.05) is 25.5 Å². The van der Waals surface area contributed by atoms with E-state index in [0.29, 0.717) is 24.6 Å². The number of amides is 1. The molecule has 0 bridgehead atoms. The molecule has 17 heavy (non-hydrogen) atoms. The van der Waals surface area contributed by atoms with Crippen LogP contribution in [-0.4, -0.2) is 41.5 Å². The first-order chi connectivity index (χ1) is 8.04. The third-order valence-electron chi connectivity index (χ3n) is 2.19. The Balaban J connectivity index is 2.68. The summed E-state index contributed by atoms with van der Waals surface area (Å²) in [5.74, 6) is 0.474. The molecule has 1 amide bonds. The smallest absolute Gasteiger partial charge is 0.225 e. The molecule has 6 nitrogen and oxygen atoms in total. The summed E-state index contributed by atoms with van der Waals surface area (Å²) in [4.78, 5) is 21.4. The van der Waals surface area contributed by atoms with Crippen LogP contribution >= 0.6 is 12.2 Å². The average Bonchev–Trinajstić information content (AvgIpc) is 2.35. The summed E-state index contributed by atoms with van der Waals surface area (Å²) in [5.41, 5.74) is 6.01. The van der Waals surface area contributed by atoms with E-state index in [0.717, 1.165) is 0 Å². The first-order valence-corrected chi connectivity index (χ1v) is 5.50. The van der Waals surface area contributed by atoms with Crippen LogP contribution in [0.25, 0.3) is 0 Å². The van der Waals surface area contributed by atoms with Gasteiger partial charge in [-0.1, -0.05) is 12.2 Å². The predicted molar refractivity (Wildman–Crippen MR) is 69.9 cm³/mol. The number of anilines is 1. The van der Waals surface area contributed by atoms with Gasteiger partial charge in [-0.3, -0.25) is 4.79 Å². The molecule has 0 aliphatic carbocycles. The number of rotatable bonds is 5. The van der Waals surface area contributed by atoms with E-state index in [9.17, 15) is 4.79 Å². The maximum atomic E-state index is 11.1. The molecule has 0 aromatic carbocycles. The van der Waals surface area contributed by atoms with Gasteiger partial charge >= 0.3 is 0 Å². The maximum Gasteiger partial charge on any atom is 0.225 e. The van der Waals surface area contributed by atoms with Crippen molar-refractivity contribution in [1.82, 2.24) is 15.3 Å². The van der Waals surface area contributed by atoms with Crippen LogP contribution < -0.4 is 16.0 Å². The Hall–Kier alpha value is -1.76. The summed E-state index contributed by atoms with van der Waals surface area (Å²) in [6.45, 7) is 0.528. The number of hydrogen-bond acceptors (Lipinski definition) is 5. The van der Waals surface area contributed by atoms with E-state index < -0.39 is 0 Å². The van der Waals surface area contributed by atoms with Crippen LogP contribution in [0.1, 0.15) is 12.1 Å². The van der Waals surface area contributed by atoms with Crippen LogP contribution in [0.2, 0.25) is 0 Å². The number of thiocarbonyl (C=S) groups is 1. The summed E-state index contributed by atoms with van der Waals surface area (Å²) in [7, 11) is 3.41.